The molecule has 29 heavy (non-hydrogen) atoms. The maximum absolute atomic E-state index is 13.2. The molecule has 2 aromatic rings. The Labute approximate surface area is 169 Å². The number of benzene rings is 2. The van der Waals surface area contributed by atoms with Crippen LogP contribution in [0, 0.1) is 5.82 Å². The molecule has 152 valence electrons. The highest BCUT2D eigenvalue weighted by Crippen LogP contribution is 2.31. The molecule has 0 spiro atoms. The molecule has 2 N–H and O–H groups in total. The molecule has 1 atom stereocenters. The lowest BCUT2D eigenvalue weighted by molar-refractivity contribution is -0.907. The SMILES string of the molecule is CC[C@]1(c2ccccc2)NC(=O)N(C[NH+]2CCN(c3ccc(F)cc3)CC2)C1=O. The number of imide groups is 1. The number of halogens is 1. The van der Waals surface area contributed by atoms with Gasteiger partial charge in [0.05, 0.1) is 26.2 Å². The molecule has 2 saturated heterocycles. The molecular formula is C22H26FN4O2+. The smallest absolute Gasteiger partial charge is 0.329 e. The first kappa shape index (κ1) is 19.4. The molecule has 4 rings (SSSR count). The Bertz CT molecular complexity index is 881. The Hall–Kier alpha value is -2.93. The van der Waals surface area contributed by atoms with E-state index in [0.29, 0.717) is 13.1 Å². The van der Waals surface area contributed by atoms with E-state index in [-0.39, 0.29) is 17.8 Å². The maximum atomic E-state index is 13.2. The van der Waals surface area contributed by atoms with Crippen LogP contribution in [0.4, 0.5) is 14.9 Å². The van der Waals surface area contributed by atoms with Gasteiger partial charge in [-0.25, -0.2) is 14.1 Å². The number of quaternary nitrogens is 1. The molecule has 2 aliphatic rings. The van der Waals surface area contributed by atoms with Gasteiger partial charge in [-0.3, -0.25) is 4.79 Å². The Morgan fingerprint density at radius 3 is 2.31 bits per heavy atom. The molecule has 0 saturated carbocycles. The molecule has 0 unspecified atom stereocenters. The van der Waals surface area contributed by atoms with E-state index in [9.17, 15) is 14.0 Å². The minimum atomic E-state index is -0.978. The largest absolute Gasteiger partial charge is 0.360 e. The van der Waals surface area contributed by atoms with E-state index in [1.807, 2.05) is 37.3 Å². The van der Waals surface area contributed by atoms with Crippen molar-refractivity contribution in [2.75, 3.05) is 37.7 Å². The van der Waals surface area contributed by atoms with E-state index in [1.54, 1.807) is 12.1 Å². The van der Waals surface area contributed by atoms with Gasteiger partial charge in [-0.1, -0.05) is 37.3 Å². The number of urea groups is 1. The van der Waals surface area contributed by atoms with Gasteiger partial charge in [-0.15, -0.1) is 0 Å². The predicted octanol–water partition coefficient (Wildman–Crippen LogP) is 1.35. The summed E-state index contributed by atoms with van der Waals surface area (Å²) < 4.78 is 13.1. The molecule has 2 fully saturated rings. The molecule has 6 nitrogen and oxygen atoms in total. The minimum absolute atomic E-state index is 0.176. The number of anilines is 1. The normalized spacial score (nSPS) is 22.8. The highest BCUT2D eigenvalue weighted by Gasteiger charge is 2.52. The Morgan fingerprint density at radius 1 is 1.03 bits per heavy atom. The molecule has 2 heterocycles. The molecule has 0 aliphatic carbocycles. The predicted molar refractivity (Wildman–Crippen MR) is 108 cm³/mol. The van der Waals surface area contributed by atoms with Crippen LogP contribution in [0.3, 0.4) is 0 Å². The van der Waals surface area contributed by atoms with Gasteiger partial charge in [0, 0.05) is 5.69 Å². The second kappa shape index (κ2) is 7.83. The van der Waals surface area contributed by atoms with Crippen LogP contribution in [0.2, 0.25) is 0 Å². The number of nitrogens with zero attached hydrogens (tertiary/aromatic N) is 2. The summed E-state index contributed by atoms with van der Waals surface area (Å²) in [5.41, 5.74) is 0.835. The minimum Gasteiger partial charge on any atom is -0.360 e. The van der Waals surface area contributed by atoms with Crippen LogP contribution in [0.25, 0.3) is 0 Å². The maximum Gasteiger partial charge on any atom is 0.329 e. The second-order valence-electron chi connectivity index (χ2n) is 7.66. The number of hydrogen-bond acceptors (Lipinski definition) is 3. The van der Waals surface area contributed by atoms with Gasteiger partial charge < -0.3 is 15.1 Å². The average Bonchev–Trinajstić information content (AvgIpc) is 3.01. The van der Waals surface area contributed by atoms with Gasteiger partial charge in [0.1, 0.15) is 11.4 Å². The molecular weight excluding hydrogens is 371 g/mol. The van der Waals surface area contributed by atoms with Crippen molar-refractivity contribution in [2.45, 2.75) is 18.9 Å². The third-order valence-corrected chi connectivity index (χ3v) is 6.02. The topological polar surface area (TPSA) is 57.1 Å². The lowest BCUT2D eigenvalue weighted by Gasteiger charge is -2.34. The highest BCUT2D eigenvalue weighted by molar-refractivity contribution is 6.07. The fraction of sp³-hybridized carbons (Fsp3) is 0.364. The fourth-order valence-corrected chi connectivity index (χ4v) is 4.25. The Morgan fingerprint density at radius 2 is 1.69 bits per heavy atom. The van der Waals surface area contributed by atoms with Crippen LogP contribution in [-0.4, -0.2) is 49.7 Å². The van der Waals surface area contributed by atoms with Crippen LogP contribution in [-0.2, 0) is 10.3 Å². The number of piperazine rings is 1. The van der Waals surface area contributed by atoms with Crippen molar-refractivity contribution >= 4 is 17.6 Å². The summed E-state index contributed by atoms with van der Waals surface area (Å²) in [5.74, 6) is -0.418. The number of carbonyl (C=O) groups is 2. The summed E-state index contributed by atoms with van der Waals surface area (Å²) in [7, 11) is 0. The van der Waals surface area contributed by atoms with Crippen molar-refractivity contribution < 1.29 is 18.9 Å². The molecule has 3 amide bonds. The Balaban J connectivity index is 1.42. The van der Waals surface area contributed by atoms with Crippen molar-refractivity contribution in [1.82, 2.24) is 10.2 Å². The van der Waals surface area contributed by atoms with Crippen LogP contribution < -0.4 is 15.1 Å². The summed E-state index contributed by atoms with van der Waals surface area (Å²) in [6.07, 6.45) is 0.506. The van der Waals surface area contributed by atoms with Gasteiger partial charge in [-0.2, -0.15) is 0 Å². The third-order valence-electron chi connectivity index (χ3n) is 6.02. The summed E-state index contributed by atoms with van der Waals surface area (Å²) in [5, 5.41) is 2.94. The Kier molecular flexibility index (Phi) is 5.24. The molecule has 0 aromatic heterocycles. The number of rotatable bonds is 5. The van der Waals surface area contributed by atoms with Gasteiger partial charge in [0.25, 0.3) is 5.91 Å². The highest BCUT2D eigenvalue weighted by atomic mass is 19.1. The van der Waals surface area contributed by atoms with Gasteiger partial charge >= 0.3 is 6.03 Å². The zero-order valence-corrected chi connectivity index (χ0v) is 16.5. The first-order valence-electron chi connectivity index (χ1n) is 10.1. The summed E-state index contributed by atoms with van der Waals surface area (Å²) >= 11 is 0. The number of nitrogens with one attached hydrogen (secondary N) is 2. The second-order valence-corrected chi connectivity index (χ2v) is 7.66. The van der Waals surface area contributed by atoms with Crippen LogP contribution in [0.5, 0.6) is 0 Å². The molecule has 0 radical (unpaired) electrons. The van der Waals surface area contributed by atoms with Crippen LogP contribution in [0.1, 0.15) is 18.9 Å². The van der Waals surface area contributed by atoms with Gasteiger partial charge in [0.2, 0.25) is 0 Å². The quantitative estimate of drug-likeness (QED) is 0.749. The van der Waals surface area contributed by atoms with E-state index in [1.165, 1.54) is 21.9 Å². The summed E-state index contributed by atoms with van der Waals surface area (Å²) in [6, 6.07) is 15.6. The van der Waals surface area contributed by atoms with E-state index < -0.39 is 5.54 Å². The van der Waals surface area contributed by atoms with E-state index in [0.717, 1.165) is 37.4 Å². The lowest BCUT2D eigenvalue weighted by Crippen LogP contribution is -3.16. The average molecular weight is 397 g/mol. The van der Waals surface area contributed by atoms with E-state index in [2.05, 4.69) is 10.2 Å². The lowest BCUT2D eigenvalue weighted by atomic mass is 9.87. The zero-order valence-electron chi connectivity index (χ0n) is 16.5. The number of hydrogen-bond donors (Lipinski definition) is 2. The standard InChI is InChI=1S/C22H25FN4O2/c1-2-22(17-6-4-3-5-7-17)20(28)27(21(29)24-22)16-25-12-14-26(15-13-25)19-10-8-18(23)9-11-19/h3-11H,2,12-16H2,1H3,(H,24,29)/p+1/t22-/m1/s1. The molecule has 2 aliphatic heterocycles. The van der Waals surface area contributed by atoms with Crippen molar-refractivity contribution in [3.63, 3.8) is 0 Å². The van der Waals surface area contributed by atoms with E-state index in [4.69, 9.17) is 0 Å². The van der Waals surface area contributed by atoms with Crippen molar-refractivity contribution in [2.24, 2.45) is 0 Å². The monoisotopic (exact) mass is 397 g/mol. The van der Waals surface area contributed by atoms with Crippen LogP contribution in [0.15, 0.2) is 54.6 Å². The van der Waals surface area contributed by atoms with Crippen molar-refractivity contribution in [3.05, 3.63) is 66.0 Å². The van der Waals surface area contributed by atoms with Gasteiger partial charge in [0.15, 0.2) is 6.67 Å². The van der Waals surface area contributed by atoms with Crippen molar-refractivity contribution in [1.29, 1.82) is 0 Å². The molecule has 7 heteroatoms. The summed E-state index contributed by atoms with van der Waals surface area (Å²) in [4.78, 5) is 30.7. The third kappa shape index (κ3) is 3.58. The van der Waals surface area contributed by atoms with Crippen molar-refractivity contribution in [3.8, 4) is 0 Å². The van der Waals surface area contributed by atoms with Crippen LogP contribution >= 0.6 is 0 Å². The first-order chi connectivity index (χ1) is 14.0. The zero-order chi connectivity index (χ0) is 20.4. The first-order valence-corrected chi connectivity index (χ1v) is 10.1. The van der Waals surface area contributed by atoms with Gasteiger partial charge in [-0.05, 0) is 36.2 Å². The number of carbonyl (C=O) groups excluding carboxylic acids is 2. The molecule has 0 bridgehead atoms. The van der Waals surface area contributed by atoms with E-state index >= 15 is 0 Å². The number of amides is 3. The summed E-state index contributed by atoms with van der Waals surface area (Å²) in [6.45, 7) is 5.47. The fourth-order valence-electron chi connectivity index (χ4n) is 4.25. The molecule has 2 aromatic carbocycles.